The van der Waals surface area contributed by atoms with Crippen molar-refractivity contribution in [1.29, 1.82) is 0 Å². The van der Waals surface area contributed by atoms with Gasteiger partial charge in [0.2, 0.25) is 0 Å². The Balaban J connectivity index is 2.10. The first-order valence-corrected chi connectivity index (χ1v) is 4.68. The largest absolute Gasteiger partial charge is 0.463 e. The van der Waals surface area contributed by atoms with E-state index in [1.165, 1.54) is 5.69 Å². The van der Waals surface area contributed by atoms with Crippen LogP contribution < -0.4 is 5.73 Å². The van der Waals surface area contributed by atoms with Gasteiger partial charge in [0.1, 0.15) is 5.69 Å². The molecule has 4 nitrogen and oxygen atoms in total. The maximum absolute atomic E-state index is 5.87. The number of imidazole rings is 1. The monoisotopic (exact) mass is 189 g/mol. The number of hydrogen-bond donors (Lipinski definition) is 1. The zero-order valence-corrected chi connectivity index (χ0v) is 7.68. The van der Waals surface area contributed by atoms with Crippen molar-refractivity contribution in [2.45, 2.75) is 19.0 Å². The molecule has 0 bridgehead atoms. The number of hydrogen-bond acceptors (Lipinski definition) is 3. The first-order valence-electron chi connectivity index (χ1n) is 4.68. The van der Waals surface area contributed by atoms with Gasteiger partial charge in [0.05, 0.1) is 18.3 Å². The molecular weight excluding hydrogens is 178 g/mol. The van der Waals surface area contributed by atoms with Crippen molar-refractivity contribution in [3.05, 3.63) is 30.4 Å². The standard InChI is InChI=1S/C10H11N3O/c11-7-4-8-10(9-2-1-3-14-9)12-6-13(8)5-7/h1-3,6-7H,4-5,11H2. The lowest BCUT2D eigenvalue weighted by molar-refractivity contribution is 0.579. The van der Waals surface area contributed by atoms with Crippen LogP contribution in [0.25, 0.3) is 11.5 Å². The fourth-order valence-electron chi connectivity index (χ4n) is 1.96. The summed E-state index contributed by atoms with van der Waals surface area (Å²) in [5.41, 5.74) is 7.99. The van der Waals surface area contributed by atoms with Gasteiger partial charge in [0.25, 0.3) is 0 Å². The van der Waals surface area contributed by atoms with Gasteiger partial charge in [-0.15, -0.1) is 0 Å². The Morgan fingerprint density at radius 2 is 2.50 bits per heavy atom. The summed E-state index contributed by atoms with van der Waals surface area (Å²) >= 11 is 0. The Labute approximate surface area is 81.4 Å². The van der Waals surface area contributed by atoms with Crippen LogP contribution in [-0.4, -0.2) is 15.6 Å². The average molecular weight is 189 g/mol. The molecule has 0 radical (unpaired) electrons. The van der Waals surface area contributed by atoms with Crippen LogP contribution in [-0.2, 0) is 13.0 Å². The molecule has 0 amide bonds. The van der Waals surface area contributed by atoms with E-state index in [1.807, 2.05) is 18.5 Å². The lowest BCUT2D eigenvalue weighted by Gasteiger charge is -1.97. The summed E-state index contributed by atoms with van der Waals surface area (Å²) in [5.74, 6) is 0.827. The summed E-state index contributed by atoms with van der Waals surface area (Å²) in [4.78, 5) is 4.33. The Morgan fingerprint density at radius 1 is 1.57 bits per heavy atom. The van der Waals surface area contributed by atoms with Crippen molar-refractivity contribution in [3.8, 4) is 11.5 Å². The molecule has 72 valence electrons. The predicted molar refractivity (Wildman–Crippen MR) is 51.6 cm³/mol. The zero-order chi connectivity index (χ0) is 9.54. The minimum absolute atomic E-state index is 0.224. The minimum atomic E-state index is 0.224. The van der Waals surface area contributed by atoms with E-state index in [0.717, 1.165) is 24.4 Å². The van der Waals surface area contributed by atoms with Crippen LogP contribution in [0.3, 0.4) is 0 Å². The summed E-state index contributed by atoms with van der Waals surface area (Å²) < 4.78 is 7.42. The highest BCUT2D eigenvalue weighted by Gasteiger charge is 2.23. The molecule has 0 aliphatic carbocycles. The second kappa shape index (κ2) is 2.72. The number of aromatic nitrogens is 2. The molecule has 3 rings (SSSR count). The van der Waals surface area contributed by atoms with Crippen molar-refractivity contribution in [1.82, 2.24) is 9.55 Å². The molecule has 1 aliphatic rings. The number of nitrogens with two attached hydrogens (primary N) is 1. The van der Waals surface area contributed by atoms with E-state index in [0.29, 0.717) is 0 Å². The fourth-order valence-corrected chi connectivity index (χ4v) is 1.96. The number of rotatable bonds is 1. The normalized spacial score (nSPS) is 19.9. The molecule has 0 saturated carbocycles. The molecular formula is C10H11N3O. The van der Waals surface area contributed by atoms with E-state index in [4.69, 9.17) is 10.2 Å². The van der Waals surface area contributed by atoms with E-state index in [1.54, 1.807) is 6.26 Å². The van der Waals surface area contributed by atoms with E-state index >= 15 is 0 Å². The van der Waals surface area contributed by atoms with Crippen molar-refractivity contribution < 1.29 is 4.42 Å². The highest BCUT2D eigenvalue weighted by Crippen LogP contribution is 2.26. The van der Waals surface area contributed by atoms with E-state index < -0.39 is 0 Å². The lowest BCUT2D eigenvalue weighted by Crippen LogP contribution is -2.20. The van der Waals surface area contributed by atoms with E-state index in [9.17, 15) is 0 Å². The summed E-state index contributed by atoms with van der Waals surface area (Å²) in [5, 5.41) is 0. The zero-order valence-electron chi connectivity index (χ0n) is 7.68. The Hall–Kier alpha value is -1.55. The molecule has 0 aromatic carbocycles. The van der Waals surface area contributed by atoms with Crippen LogP contribution in [0.15, 0.2) is 29.1 Å². The van der Waals surface area contributed by atoms with Gasteiger partial charge in [-0.3, -0.25) is 0 Å². The maximum atomic E-state index is 5.87. The third kappa shape index (κ3) is 1.01. The van der Waals surface area contributed by atoms with Crippen LogP contribution in [0.5, 0.6) is 0 Å². The second-order valence-corrected chi connectivity index (χ2v) is 3.63. The highest BCUT2D eigenvalue weighted by molar-refractivity contribution is 5.56. The fraction of sp³-hybridized carbons (Fsp3) is 0.300. The van der Waals surface area contributed by atoms with Crippen LogP contribution in [0.1, 0.15) is 5.69 Å². The third-order valence-corrected chi connectivity index (χ3v) is 2.59. The minimum Gasteiger partial charge on any atom is -0.463 e. The molecule has 1 unspecified atom stereocenters. The first kappa shape index (κ1) is 7.82. The molecule has 2 aromatic heterocycles. The summed E-state index contributed by atoms with van der Waals surface area (Å²) in [6.07, 6.45) is 4.38. The van der Waals surface area contributed by atoms with Crippen molar-refractivity contribution in [2.24, 2.45) is 5.73 Å². The van der Waals surface area contributed by atoms with Crippen molar-refractivity contribution >= 4 is 0 Å². The molecule has 4 heteroatoms. The Morgan fingerprint density at radius 3 is 3.29 bits per heavy atom. The van der Waals surface area contributed by atoms with Gasteiger partial charge in [-0.05, 0) is 12.1 Å². The van der Waals surface area contributed by atoms with Crippen LogP contribution in [0, 0.1) is 0 Å². The van der Waals surface area contributed by atoms with Gasteiger partial charge < -0.3 is 14.7 Å². The SMILES string of the molecule is NC1Cc2c(-c3ccco3)ncn2C1. The smallest absolute Gasteiger partial charge is 0.154 e. The number of fused-ring (bicyclic) bond motifs is 1. The van der Waals surface area contributed by atoms with Crippen LogP contribution >= 0.6 is 0 Å². The topological polar surface area (TPSA) is 57.0 Å². The Kier molecular flexibility index (Phi) is 1.52. The Bertz CT molecular complexity index is 444. The number of furan rings is 1. The molecule has 0 saturated heterocycles. The second-order valence-electron chi connectivity index (χ2n) is 3.63. The molecule has 2 aromatic rings. The summed E-state index contributed by atoms with van der Waals surface area (Å²) in [7, 11) is 0. The molecule has 3 heterocycles. The van der Waals surface area contributed by atoms with Gasteiger partial charge in [-0.1, -0.05) is 0 Å². The average Bonchev–Trinajstić information content (AvgIpc) is 2.77. The molecule has 1 aliphatic heterocycles. The van der Waals surface area contributed by atoms with Gasteiger partial charge in [-0.2, -0.15) is 0 Å². The molecule has 0 spiro atoms. The van der Waals surface area contributed by atoms with Crippen molar-refractivity contribution in [2.75, 3.05) is 0 Å². The number of nitrogens with zero attached hydrogens (tertiary/aromatic N) is 2. The van der Waals surface area contributed by atoms with Gasteiger partial charge in [0.15, 0.2) is 5.76 Å². The van der Waals surface area contributed by atoms with E-state index in [-0.39, 0.29) is 6.04 Å². The predicted octanol–water partition coefficient (Wildman–Crippen LogP) is 1.03. The summed E-state index contributed by atoms with van der Waals surface area (Å²) in [6.45, 7) is 0.864. The van der Waals surface area contributed by atoms with Crippen molar-refractivity contribution in [3.63, 3.8) is 0 Å². The lowest BCUT2D eigenvalue weighted by atomic mass is 10.2. The quantitative estimate of drug-likeness (QED) is 0.728. The van der Waals surface area contributed by atoms with Gasteiger partial charge >= 0.3 is 0 Å². The molecule has 1 atom stereocenters. The van der Waals surface area contributed by atoms with Crippen LogP contribution in [0.2, 0.25) is 0 Å². The van der Waals surface area contributed by atoms with Crippen LogP contribution in [0.4, 0.5) is 0 Å². The third-order valence-electron chi connectivity index (χ3n) is 2.59. The molecule has 2 N–H and O–H groups in total. The maximum Gasteiger partial charge on any atom is 0.154 e. The van der Waals surface area contributed by atoms with Gasteiger partial charge in [0, 0.05) is 19.0 Å². The highest BCUT2D eigenvalue weighted by atomic mass is 16.3. The molecule has 0 fully saturated rings. The summed E-state index contributed by atoms with van der Waals surface area (Å²) in [6, 6.07) is 4.02. The first-order chi connectivity index (χ1) is 6.84. The van der Waals surface area contributed by atoms with E-state index in [2.05, 4.69) is 9.55 Å². The molecule has 14 heavy (non-hydrogen) atoms. The van der Waals surface area contributed by atoms with Gasteiger partial charge in [-0.25, -0.2) is 4.98 Å².